The van der Waals surface area contributed by atoms with Crippen molar-refractivity contribution in [2.75, 3.05) is 6.79 Å². The van der Waals surface area contributed by atoms with Gasteiger partial charge in [0.2, 0.25) is 6.79 Å². The predicted molar refractivity (Wildman–Crippen MR) is 109 cm³/mol. The third-order valence-corrected chi connectivity index (χ3v) is 5.91. The molecule has 4 heteroatoms. The lowest BCUT2D eigenvalue weighted by Gasteiger charge is -2.15. The van der Waals surface area contributed by atoms with Crippen LogP contribution in [-0.4, -0.2) is 18.9 Å². The molecule has 1 aliphatic carbocycles. The molecule has 0 atom stereocenters. The third kappa shape index (κ3) is 3.21. The maximum absolute atomic E-state index is 13.1. The minimum absolute atomic E-state index is 0.240. The molecule has 0 amide bonds. The zero-order valence-corrected chi connectivity index (χ0v) is 15.9. The molecule has 4 nitrogen and oxygen atoms in total. The fourth-order valence-electron chi connectivity index (χ4n) is 3.97. The van der Waals surface area contributed by atoms with Crippen molar-refractivity contribution in [3.63, 3.8) is 0 Å². The number of hydrogen-bond donors (Lipinski definition) is 0. The van der Waals surface area contributed by atoms with Gasteiger partial charge in [0.05, 0.1) is 5.41 Å². The van der Waals surface area contributed by atoms with Crippen molar-refractivity contribution in [3.05, 3.63) is 83.4 Å². The van der Waals surface area contributed by atoms with Gasteiger partial charge in [-0.1, -0.05) is 54.6 Å². The molecular weight excluding hydrogens is 364 g/mol. The number of carbonyl (C=O) groups excluding carboxylic acids is 2. The van der Waals surface area contributed by atoms with Gasteiger partial charge in [-0.2, -0.15) is 0 Å². The lowest BCUT2D eigenvalue weighted by molar-refractivity contribution is -0.120. The van der Waals surface area contributed by atoms with E-state index in [1.54, 1.807) is 0 Å². The van der Waals surface area contributed by atoms with E-state index < -0.39 is 0 Å². The quantitative estimate of drug-likeness (QED) is 0.576. The maximum atomic E-state index is 13.1. The Balaban J connectivity index is 1.32. The molecule has 0 spiro atoms. The highest BCUT2D eigenvalue weighted by Crippen LogP contribution is 2.51. The van der Waals surface area contributed by atoms with Gasteiger partial charge in [0.25, 0.3) is 0 Å². The number of aldehydes is 1. The Morgan fingerprint density at radius 2 is 1.52 bits per heavy atom. The van der Waals surface area contributed by atoms with Gasteiger partial charge >= 0.3 is 0 Å². The van der Waals surface area contributed by atoms with E-state index in [-0.39, 0.29) is 18.0 Å². The Hall–Kier alpha value is -3.40. The maximum Gasteiger partial charge on any atom is 0.231 e. The Morgan fingerprint density at radius 3 is 2.17 bits per heavy atom. The summed E-state index contributed by atoms with van der Waals surface area (Å²) in [5, 5.41) is 0. The van der Waals surface area contributed by atoms with Crippen LogP contribution < -0.4 is 9.47 Å². The van der Waals surface area contributed by atoms with E-state index in [0.29, 0.717) is 12.0 Å². The van der Waals surface area contributed by atoms with E-state index in [4.69, 9.17) is 9.47 Å². The summed E-state index contributed by atoms with van der Waals surface area (Å²) in [5.41, 5.74) is 4.43. The molecule has 3 aromatic rings. The van der Waals surface area contributed by atoms with E-state index in [1.807, 2.05) is 66.7 Å². The first kappa shape index (κ1) is 17.7. The molecule has 0 saturated heterocycles. The van der Waals surface area contributed by atoms with Crippen molar-refractivity contribution in [2.45, 2.75) is 24.7 Å². The summed E-state index contributed by atoms with van der Waals surface area (Å²) in [6.45, 7) is 0.240. The van der Waals surface area contributed by atoms with Crippen LogP contribution in [0.4, 0.5) is 0 Å². The van der Waals surface area contributed by atoms with Crippen molar-refractivity contribution in [3.8, 4) is 22.6 Å². The number of fused-ring (bicyclic) bond motifs is 1. The van der Waals surface area contributed by atoms with E-state index >= 15 is 0 Å². The Morgan fingerprint density at radius 1 is 0.862 bits per heavy atom. The smallest absolute Gasteiger partial charge is 0.231 e. The highest BCUT2D eigenvalue weighted by atomic mass is 16.7. The molecule has 0 aromatic heterocycles. The van der Waals surface area contributed by atoms with Crippen LogP contribution in [0.5, 0.6) is 11.5 Å². The molecule has 144 valence electrons. The van der Waals surface area contributed by atoms with Gasteiger partial charge < -0.3 is 9.47 Å². The summed E-state index contributed by atoms with van der Waals surface area (Å²) in [7, 11) is 0. The van der Waals surface area contributed by atoms with Gasteiger partial charge in [0.15, 0.2) is 11.5 Å². The van der Waals surface area contributed by atoms with E-state index in [1.165, 1.54) is 0 Å². The van der Waals surface area contributed by atoms with E-state index in [0.717, 1.165) is 52.9 Å². The zero-order chi connectivity index (χ0) is 19.8. The van der Waals surface area contributed by atoms with Crippen molar-refractivity contribution in [1.82, 2.24) is 0 Å². The number of ketones is 1. The second-order valence-corrected chi connectivity index (χ2v) is 7.69. The molecule has 2 aliphatic rings. The molecule has 0 bridgehead atoms. The molecule has 5 rings (SSSR count). The fourth-order valence-corrected chi connectivity index (χ4v) is 3.97. The summed E-state index contributed by atoms with van der Waals surface area (Å²) in [5.74, 6) is 1.72. The summed E-state index contributed by atoms with van der Waals surface area (Å²) in [4.78, 5) is 23.9. The normalized spacial score (nSPS) is 15.7. The number of benzene rings is 3. The lowest BCUT2D eigenvalue weighted by atomic mass is 9.87. The van der Waals surface area contributed by atoms with Crippen LogP contribution in [0.3, 0.4) is 0 Å². The first-order valence-electron chi connectivity index (χ1n) is 9.76. The molecule has 1 fully saturated rings. The van der Waals surface area contributed by atoms with Gasteiger partial charge in [-0.05, 0) is 47.2 Å². The van der Waals surface area contributed by atoms with Crippen LogP contribution in [0.2, 0.25) is 0 Å². The Labute approximate surface area is 169 Å². The average molecular weight is 384 g/mol. The standard InChI is InChI=1S/C25H20O4/c26-15-18-3-7-20(8-4-18)19-5-1-17(2-6-19)13-24(27)25(11-12-25)21-9-10-22-23(14-21)29-16-28-22/h1-10,14-15H,11-13,16H2. The molecule has 3 aromatic carbocycles. The Bertz CT molecular complexity index is 1080. The van der Waals surface area contributed by atoms with Crippen molar-refractivity contribution in [1.29, 1.82) is 0 Å². The van der Waals surface area contributed by atoms with E-state index in [9.17, 15) is 9.59 Å². The van der Waals surface area contributed by atoms with Crippen LogP contribution in [0.25, 0.3) is 11.1 Å². The van der Waals surface area contributed by atoms with Crippen LogP contribution in [-0.2, 0) is 16.6 Å². The van der Waals surface area contributed by atoms with E-state index in [2.05, 4.69) is 0 Å². The third-order valence-electron chi connectivity index (χ3n) is 5.91. The predicted octanol–water partition coefficient (Wildman–Crippen LogP) is 4.74. The fraction of sp³-hybridized carbons (Fsp3) is 0.200. The minimum atomic E-state index is -0.385. The van der Waals surface area contributed by atoms with Gasteiger partial charge in [-0.3, -0.25) is 9.59 Å². The molecule has 0 radical (unpaired) electrons. The molecular formula is C25H20O4. The number of carbonyl (C=O) groups is 2. The number of rotatable bonds is 6. The number of Topliss-reactive ketones (excluding diaryl/α,β-unsaturated/α-hetero) is 1. The van der Waals surface area contributed by atoms with Crippen LogP contribution in [0.1, 0.15) is 34.3 Å². The average Bonchev–Trinajstić information content (AvgIpc) is 3.45. The van der Waals surface area contributed by atoms with Gasteiger partial charge in [0, 0.05) is 12.0 Å². The van der Waals surface area contributed by atoms with Crippen molar-refractivity contribution >= 4 is 12.1 Å². The highest BCUT2D eigenvalue weighted by Gasteiger charge is 2.50. The largest absolute Gasteiger partial charge is 0.454 e. The van der Waals surface area contributed by atoms with Gasteiger partial charge in [0.1, 0.15) is 12.1 Å². The SMILES string of the molecule is O=Cc1ccc(-c2ccc(CC(=O)C3(c4ccc5c(c4)OCO5)CC3)cc2)cc1. The molecule has 1 aliphatic heterocycles. The summed E-state index contributed by atoms with van der Waals surface area (Å²) < 4.78 is 10.9. The molecule has 0 unspecified atom stereocenters. The van der Waals surface area contributed by atoms with Gasteiger partial charge in [-0.15, -0.1) is 0 Å². The second kappa shape index (κ2) is 6.89. The summed E-state index contributed by atoms with van der Waals surface area (Å²) >= 11 is 0. The highest BCUT2D eigenvalue weighted by molar-refractivity contribution is 5.94. The number of ether oxygens (including phenoxy) is 2. The summed E-state index contributed by atoms with van der Waals surface area (Å²) in [6.07, 6.45) is 3.02. The zero-order valence-electron chi connectivity index (χ0n) is 15.9. The van der Waals surface area contributed by atoms with Crippen LogP contribution in [0, 0.1) is 0 Å². The van der Waals surface area contributed by atoms with Crippen LogP contribution >= 0.6 is 0 Å². The molecule has 1 saturated carbocycles. The molecule has 0 N–H and O–H groups in total. The Kier molecular flexibility index (Phi) is 4.20. The van der Waals surface area contributed by atoms with Crippen LogP contribution in [0.15, 0.2) is 66.7 Å². The topological polar surface area (TPSA) is 52.6 Å². The molecule has 29 heavy (non-hydrogen) atoms. The minimum Gasteiger partial charge on any atom is -0.454 e. The monoisotopic (exact) mass is 384 g/mol. The lowest BCUT2D eigenvalue weighted by Crippen LogP contribution is -2.22. The number of hydrogen-bond acceptors (Lipinski definition) is 4. The molecule has 1 heterocycles. The first-order chi connectivity index (χ1) is 14.2. The summed E-state index contributed by atoms with van der Waals surface area (Å²) in [6, 6.07) is 21.4. The van der Waals surface area contributed by atoms with Crippen molar-refractivity contribution < 1.29 is 19.1 Å². The van der Waals surface area contributed by atoms with Gasteiger partial charge in [-0.25, -0.2) is 0 Å². The second-order valence-electron chi connectivity index (χ2n) is 7.69. The first-order valence-corrected chi connectivity index (χ1v) is 9.76. The van der Waals surface area contributed by atoms with Crippen molar-refractivity contribution in [2.24, 2.45) is 0 Å².